The molecule has 0 aliphatic carbocycles. The second kappa shape index (κ2) is 8.25. The number of carboxylic acids is 1. The highest BCUT2D eigenvalue weighted by Crippen LogP contribution is 2.28. The molecule has 6 nitrogen and oxygen atoms in total. The van der Waals surface area contributed by atoms with Crippen molar-refractivity contribution in [3.05, 3.63) is 71.8 Å². The molecule has 2 amide bonds. The number of carbonyl (C=O) groups excluding carboxylic acids is 2. The Bertz CT molecular complexity index is 853. The van der Waals surface area contributed by atoms with E-state index in [1.54, 1.807) is 42.2 Å². The van der Waals surface area contributed by atoms with Gasteiger partial charge in [0.15, 0.2) is 5.54 Å². The van der Waals surface area contributed by atoms with Gasteiger partial charge in [-0.15, -0.1) is 0 Å². The number of hydrogen-bond donors (Lipinski definition) is 2. The number of benzene rings is 2. The molecule has 1 saturated heterocycles. The molecular formula is C22H24N2O4. The van der Waals surface area contributed by atoms with Crippen LogP contribution in [0.4, 0.5) is 0 Å². The summed E-state index contributed by atoms with van der Waals surface area (Å²) in [5.41, 5.74) is 0.00674. The van der Waals surface area contributed by atoms with Crippen molar-refractivity contribution >= 4 is 17.8 Å². The third-order valence-corrected chi connectivity index (χ3v) is 5.30. The fourth-order valence-corrected chi connectivity index (χ4v) is 3.63. The Balaban J connectivity index is 1.74. The summed E-state index contributed by atoms with van der Waals surface area (Å²) in [7, 11) is 0. The molecule has 0 spiro atoms. The minimum atomic E-state index is -1.51. The predicted octanol–water partition coefficient (Wildman–Crippen LogP) is 2.54. The van der Waals surface area contributed by atoms with Gasteiger partial charge in [-0.05, 0) is 17.5 Å². The van der Waals surface area contributed by atoms with E-state index in [9.17, 15) is 19.5 Å². The van der Waals surface area contributed by atoms with Crippen LogP contribution in [0, 0.1) is 5.92 Å². The van der Waals surface area contributed by atoms with E-state index >= 15 is 0 Å². The molecule has 1 heterocycles. The lowest BCUT2D eigenvalue weighted by Crippen LogP contribution is -2.53. The standard InChI is InChI=1S/C22H24N2O4/c1-2-22(21(27)28,18-11-7-4-8-12-18)23-20(26)17-13-19(25)24(15-17)14-16-9-5-3-6-10-16/h3-12,17H,2,13-15H2,1H3,(H,23,26)(H,27,28). The normalized spacial score (nSPS) is 18.5. The first kappa shape index (κ1) is 19.6. The van der Waals surface area contributed by atoms with Crippen molar-refractivity contribution in [2.75, 3.05) is 6.54 Å². The Morgan fingerprint density at radius 3 is 2.29 bits per heavy atom. The smallest absolute Gasteiger partial charge is 0.334 e. The van der Waals surface area contributed by atoms with Crippen LogP contribution >= 0.6 is 0 Å². The lowest BCUT2D eigenvalue weighted by Gasteiger charge is -2.31. The van der Waals surface area contributed by atoms with Crippen LogP contribution in [0.5, 0.6) is 0 Å². The van der Waals surface area contributed by atoms with Gasteiger partial charge in [-0.1, -0.05) is 67.6 Å². The number of likely N-dealkylation sites (tertiary alicyclic amines) is 1. The quantitative estimate of drug-likeness (QED) is 0.773. The number of aliphatic carboxylic acids is 1. The van der Waals surface area contributed by atoms with Gasteiger partial charge < -0.3 is 15.3 Å². The van der Waals surface area contributed by atoms with Crippen molar-refractivity contribution < 1.29 is 19.5 Å². The lowest BCUT2D eigenvalue weighted by molar-refractivity contribution is -0.149. The van der Waals surface area contributed by atoms with Gasteiger partial charge in [0.1, 0.15) is 0 Å². The number of nitrogens with zero attached hydrogens (tertiary/aromatic N) is 1. The summed E-state index contributed by atoms with van der Waals surface area (Å²) in [6.07, 6.45) is 0.291. The maximum atomic E-state index is 12.9. The second-order valence-electron chi connectivity index (χ2n) is 7.08. The van der Waals surface area contributed by atoms with Crippen molar-refractivity contribution in [1.82, 2.24) is 10.2 Å². The summed E-state index contributed by atoms with van der Waals surface area (Å²) in [5, 5.41) is 12.6. The molecule has 2 N–H and O–H groups in total. The summed E-state index contributed by atoms with van der Waals surface area (Å²) in [6, 6.07) is 18.3. The van der Waals surface area contributed by atoms with E-state index in [2.05, 4.69) is 5.32 Å². The monoisotopic (exact) mass is 380 g/mol. The minimum absolute atomic E-state index is 0.0901. The largest absolute Gasteiger partial charge is 0.479 e. The molecular weight excluding hydrogens is 356 g/mol. The average Bonchev–Trinajstić information content (AvgIpc) is 3.08. The topological polar surface area (TPSA) is 86.7 Å². The number of amides is 2. The molecule has 2 aromatic carbocycles. The van der Waals surface area contributed by atoms with E-state index in [1.165, 1.54) is 0 Å². The van der Waals surface area contributed by atoms with Crippen molar-refractivity contribution in [1.29, 1.82) is 0 Å². The molecule has 2 aromatic rings. The van der Waals surface area contributed by atoms with Crippen LogP contribution in [0.15, 0.2) is 60.7 Å². The van der Waals surface area contributed by atoms with Gasteiger partial charge in [-0.25, -0.2) is 4.79 Å². The van der Waals surface area contributed by atoms with Crippen LogP contribution in [-0.2, 0) is 26.5 Å². The Morgan fingerprint density at radius 1 is 1.11 bits per heavy atom. The SMILES string of the molecule is CCC(NC(=O)C1CC(=O)N(Cc2ccccc2)C1)(C(=O)O)c1ccccc1. The Kier molecular flexibility index (Phi) is 5.78. The van der Waals surface area contributed by atoms with Gasteiger partial charge in [0.25, 0.3) is 0 Å². The van der Waals surface area contributed by atoms with Gasteiger partial charge in [-0.3, -0.25) is 9.59 Å². The molecule has 146 valence electrons. The van der Waals surface area contributed by atoms with Crippen LogP contribution in [0.3, 0.4) is 0 Å². The Labute approximate surface area is 164 Å². The van der Waals surface area contributed by atoms with E-state index in [1.807, 2.05) is 30.3 Å². The first-order chi connectivity index (χ1) is 13.5. The summed E-state index contributed by atoms with van der Waals surface area (Å²) in [5.74, 6) is -2.18. The van der Waals surface area contributed by atoms with E-state index in [0.717, 1.165) is 5.56 Å². The Hall–Kier alpha value is -3.15. The fraction of sp³-hybridized carbons (Fsp3) is 0.318. The van der Waals surface area contributed by atoms with Gasteiger partial charge in [0.05, 0.1) is 5.92 Å². The van der Waals surface area contributed by atoms with Gasteiger partial charge >= 0.3 is 5.97 Å². The Morgan fingerprint density at radius 2 is 1.71 bits per heavy atom. The first-order valence-electron chi connectivity index (χ1n) is 9.39. The van der Waals surface area contributed by atoms with Gasteiger partial charge in [0.2, 0.25) is 11.8 Å². The summed E-state index contributed by atoms with van der Waals surface area (Å²) < 4.78 is 0. The number of rotatable bonds is 7. The molecule has 0 radical (unpaired) electrons. The number of carbonyl (C=O) groups is 3. The van der Waals surface area contributed by atoms with Crippen LogP contribution in [0.1, 0.15) is 30.9 Å². The van der Waals surface area contributed by atoms with Crippen LogP contribution in [-0.4, -0.2) is 34.3 Å². The first-order valence-corrected chi connectivity index (χ1v) is 9.39. The average molecular weight is 380 g/mol. The predicted molar refractivity (Wildman–Crippen MR) is 104 cm³/mol. The summed E-state index contributed by atoms with van der Waals surface area (Å²) >= 11 is 0. The second-order valence-corrected chi connectivity index (χ2v) is 7.08. The molecule has 2 unspecified atom stereocenters. The number of nitrogens with one attached hydrogen (secondary N) is 1. The lowest BCUT2D eigenvalue weighted by atomic mass is 9.86. The number of hydrogen-bond acceptors (Lipinski definition) is 3. The highest BCUT2D eigenvalue weighted by Gasteiger charge is 2.43. The molecule has 3 rings (SSSR count). The van der Waals surface area contributed by atoms with Gasteiger partial charge in [-0.2, -0.15) is 0 Å². The van der Waals surface area contributed by atoms with Crippen molar-refractivity contribution in [3.63, 3.8) is 0 Å². The molecule has 0 saturated carbocycles. The van der Waals surface area contributed by atoms with Crippen molar-refractivity contribution in [2.24, 2.45) is 5.92 Å². The van der Waals surface area contributed by atoms with E-state index in [0.29, 0.717) is 12.1 Å². The maximum Gasteiger partial charge on any atom is 0.334 e. The van der Waals surface area contributed by atoms with Crippen molar-refractivity contribution in [3.8, 4) is 0 Å². The van der Waals surface area contributed by atoms with Crippen molar-refractivity contribution in [2.45, 2.75) is 31.8 Å². The third-order valence-electron chi connectivity index (χ3n) is 5.30. The summed E-state index contributed by atoms with van der Waals surface area (Å²) in [6.45, 7) is 2.46. The van der Waals surface area contributed by atoms with Crippen LogP contribution < -0.4 is 5.32 Å². The van der Waals surface area contributed by atoms with E-state index in [-0.39, 0.29) is 25.3 Å². The fourth-order valence-electron chi connectivity index (χ4n) is 3.63. The molecule has 1 aliphatic heterocycles. The van der Waals surface area contributed by atoms with Crippen LogP contribution in [0.2, 0.25) is 0 Å². The zero-order valence-corrected chi connectivity index (χ0v) is 15.8. The maximum absolute atomic E-state index is 12.9. The number of carboxylic acid groups (broad SMARTS) is 1. The minimum Gasteiger partial charge on any atom is -0.479 e. The highest BCUT2D eigenvalue weighted by molar-refractivity contribution is 5.93. The van der Waals surface area contributed by atoms with E-state index < -0.39 is 23.3 Å². The molecule has 0 aromatic heterocycles. The summed E-state index contributed by atoms with van der Waals surface area (Å²) in [4.78, 5) is 39.0. The van der Waals surface area contributed by atoms with E-state index in [4.69, 9.17) is 0 Å². The van der Waals surface area contributed by atoms with Crippen LogP contribution in [0.25, 0.3) is 0 Å². The molecule has 0 bridgehead atoms. The van der Waals surface area contributed by atoms with Gasteiger partial charge in [0, 0.05) is 19.5 Å². The highest BCUT2D eigenvalue weighted by atomic mass is 16.4. The molecule has 2 atom stereocenters. The molecule has 1 aliphatic rings. The molecule has 28 heavy (non-hydrogen) atoms. The third kappa shape index (κ3) is 3.91. The zero-order chi connectivity index (χ0) is 20.1. The molecule has 6 heteroatoms. The zero-order valence-electron chi connectivity index (χ0n) is 15.8. The molecule has 1 fully saturated rings.